The van der Waals surface area contributed by atoms with Crippen LogP contribution in [0.15, 0.2) is 30.7 Å². The number of nitrogens with one attached hydrogen (secondary N) is 1. The van der Waals surface area contributed by atoms with Gasteiger partial charge in [-0.15, -0.1) is 0 Å². The highest BCUT2D eigenvalue weighted by Gasteiger charge is 2.14. The average Bonchev–Trinajstić information content (AvgIpc) is 2.82. The van der Waals surface area contributed by atoms with E-state index in [1.165, 1.54) is 0 Å². The summed E-state index contributed by atoms with van der Waals surface area (Å²) in [7, 11) is 0. The van der Waals surface area contributed by atoms with Gasteiger partial charge in [0.25, 0.3) is 0 Å². The molecule has 0 amide bonds. The van der Waals surface area contributed by atoms with E-state index < -0.39 is 12.0 Å². The molecule has 4 N–H and O–H groups in total. The molecule has 88 valence electrons. The first kappa shape index (κ1) is 11.3. The maximum absolute atomic E-state index is 10.6. The van der Waals surface area contributed by atoms with Gasteiger partial charge in [-0.05, 0) is 12.1 Å². The smallest absolute Gasteiger partial charge is 0.305 e. The van der Waals surface area contributed by atoms with Crippen LogP contribution in [0.3, 0.4) is 0 Å². The molecule has 17 heavy (non-hydrogen) atoms. The van der Waals surface area contributed by atoms with Gasteiger partial charge in [-0.3, -0.25) is 4.79 Å². The van der Waals surface area contributed by atoms with E-state index in [4.69, 9.17) is 10.8 Å². The minimum absolute atomic E-state index is 0.184. The fourth-order valence-electron chi connectivity index (χ4n) is 1.48. The Bertz CT molecular complexity index is 510. The van der Waals surface area contributed by atoms with Gasteiger partial charge in [0.2, 0.25) is 0 Å². The second-order valence-corrected chi connectivity index (χ2v) is 3.60. The van der Waals surface area contributed by atoms with Crippen LogP contribution in [-0.2, 0) is 4.79 Å². The van der Waals surface area contributed by atoms with Gasteiger partial charge >= 0.3 is 5.97 Å². The first-order valence-electron chi connectivity index (χ1n) is 5.10. The van der Waals surface area contributed by atoms with E-state index in [0.717, 1.165) is 11.3 Å². The highest BCUT2D eigenvalue weighted by Crippen LogP contribution is 2.17. The fraction of sp³-hybridized carbons (Fsp3) is 0.182. The Hall–Kier alpha value is -2.21. The molecule has 2 rings (SSSR count). The number of carbonyl (C=O) groups is 1. The second kappa shape index (κ2) is 4.75. The van der Waals surface area contributed by atoms with E-state index in [9.17, 15) is 4.79 Å². The monoisotopic (exact) mass is 232 g/mol. The lowest BCUT2D eigenvalue weighted by atomic mass is 10.2. The van der Waals surface area contributed by atoms with Crippen LogP contribution in [0, 0.1) is 0 Å². The normalized spacial score (nSPS) is 12.3. The predicted octanol–water partition coefficient (Wildman–Crippen LogP) is 0.946. The van der Waals surface area contributed by atoms with E-state index in [0.29, 0.717) is 5.82 Å². The van der Waals surface area contributed by atoms with Crippen molar-refractivity contribution in [1.82, 2.24) is 15.0 Å². The summed E-state index contributed by atoms with van der Waals surface area (Å²) in [5, 5.41) is 8.66. The summed E-state index contributed by atoms with van der Waals surface area (Å²) in [6.07, 6.45) is 4.98. The Morgan fingerprint density at radius 1 is 1.53 bits per heavy atom. The first-order valence-corrected chi connectivity index (χ1v) is 5.10. The van der Waals surface area contributed by atoms with Crippen LogP contribution in [0.25, 0.3) is 11.3 Å². The molecular weight excluding hydrogens is 220 g/mol. The molecule has 0 aliphatic rings. The van der Waals surface area contributed by atoms with Gasteiger partial charge in [0.15, 0.2) is 0 Å². The number of aliphatic carboxylic acids is 1. The number of carboxylic acid groups (broad SMARTS) is 1. The van der Waals surface area contributed by atoms with E-state index in [1.54, 1.807) is 24.7 Å². The molecule has 6 nitrogen and oxygen atoms in total. The molecule has 0 saturated carbocycles. The number of hydrogen-bond donors (Lipinski definition) is 3. The number of carboxylic acids is 1. The summed E-state index contributed by atoms with van der Waals surface area (Å²) >= 11 is 0. The van der Waals surface area contributed by atoms with Crippen LogP contribution >= 0.6 is 0 Å². The van der Waals surface area contributed by atoms with Crippen molar-refractivity contribution >= 4 is 5.97 Å². The molecule has 2 aromatic heterocycles. The molecule has 0 aliphatic carbocycles. The molecule has 2 heterocycles. The van der Waals surface area contributed by atoms with Crippen molar-refractivity contribution in [1.29, 1.82) is 0 Å². The Morgan fingerprint density at radius 2 is 2.35 bits per heavy atom. The molecule has 0 saturated heterocycles. The third kappa shape index (κ3) is 2.67. The number of aromatic nitrogens is 3. The molecule has 0 aliphatic heterocycles. The molecule has 2 aromatic rings. The van der Waals surface area contributed by atoms with E-state index in [-0.39, 0.29) is 6.42 Å². The lowest BCUT2D eigenvalue weighted by Gasteiger charge is -2.08. The highest BCUT2D eigenvalue weighted by atomic mass is 16.4. The van der Waals surface area contributed by atoms with Crippen LogP contribution in [-0.4, -0.2) is 26.0 Å². The Labute approximate surface area is 97.5 Å². The van der Waals surface area contributed by atoms with Crippen LogP contribution in [0.4, 0.5) is 0 Å². The Morgan fingerprint density at radius 3 is 3.00 bits per heavy atom. The maximum atomic E-state index is 10.6. The number of hydrogen-bond acceptors (Lipinski definition) is 4. The summed E-state index contributed by atoms with van der Waals surface area (Å²) in [6.45, 7) is 0. The summed E-state index contributed by atoms with van der Waals surface area (Å²) in [5.74, 6) is -0.626. The largest absolute Gasteiger partial charge is 0.481 e. The van der Waals surface area contributed by atoms with Gasteiger partial charge in [0, 0.05) is 24.2 Å². The molecule has 0 radical (unpaired) electrons. The van der Waals surface area contributed by atoms with Crippen molar-refractivity contribution in [3.05, 3.63) is 36.5 Å². The summed E-state index contributed by atoms with van der Waals surface area (Å²) in [6, 6.07) is 2.93. The molecular formula is C11H12N4O2. The summed E-state index contributed by atoms with van der Waals surface area (Å²) < 4.78 is 0. The van der Waals surface area contributed by atoms with Crippen molar-refractivity contribution in [3.8, 4) is 11.3 Å². The zero-order valence-corrected chi connectivity index (χ0v) is 9.00. The van der Waals surface area contributed by atoms with Crippen molar-refractivity contribution in [2.75, 3.05) is 0 Å². The molecule has 1 atom stereocenters. The van der Waals surface area contributed by atoms with Gasteiger partial charge in [-0.1, -0.05) is 0 Å². The minimum atomic E-state index is -0.965. The van der Waals surface area contributed by atoms with E-state index in [2.05, 4.69) is 15.0 Å². The third-order valence-electron chi connectivity index (χ3n) is 2.29. The first-order chi connectivity index (χ1) is 8.16. The number of aromatic amines is 1. The predicted molar refractivity (Wildman–Crippen MR) is 61.0 cm³/mol. The van der Waals surface area contributed by atoms with E-state index >= 15 is 0 Å². The lowest BCUT2D eigenvalue weighted by molar-refractivity contribution is -0.137. The SMILES string of the molecule is NC(CC(=O)O)c1nccc(-c2cc[nH]c2)n1. The van der Waals surface area contributed by atoms with Crippen molar-refractivity contribution in [2.45, 2.75) is 12.5 Å². The quantitative estimate of drug-likeness (QED) is 0.727. The molecule has 0 aromatic carbocycles. The number of rotatable bonds is 4. The standard InChI is InChI=1S/C11H12N4O2/c12-8(5-10(16)17)11-14-4-2-9(15-11)7-1-3-13-6-7/h1-4,6,8,13H,5,12H2,(H,16,17). The van der Waals surface area contributed by atoms with Gasteiger partial charge in [-0.25, -0.2) is 9.97 Å². The zero-order valence-electron chi connectivity index (χ0n) is 9.00. The van der Waals surface area contributed by atoms with Gasteiger partial charge in [0.1, 0.15) is 5.82 Å². The van der Waals surface area contributed by atoms with Gasteiger partial charge in [-0.2, -0.15) is 0 Å². The van der Waals surface area contributed by atoms with Crippen LogP contribution in [0.1, 0.15) is 18.3 Å². The topological polar surface area (TPSA) is 105 Å². The molecule has 0 bridgehead atoms. The van der Waals surface area contributed by atoms with Crippen LogP contribution < -0.4 is 5.73 Å². The van der Waals surface area contributed by atoms with Crippen LogP contribution in [0.2, 0.25) is 0 Å². The lowest BCUT2D eigenvalue weighted by Crippen LogP contribution is -2.17. The molecule has 0 spiro atoms. The number of nitrogens with two attached hydrogens (primary N) is 1. The highest BCUT2D eigenvalue weighted by molar-refractivity contribution is 5.67. The molecule has 6 heteroatoms. The Kier molecular flexibility index (Phi) is 3.15. The minimum Gasteiger partial charge on any atom is -0.481 e. The molecule has 1 unspecified atom stereocenters. The van der Waals surface area contributed by atoms with Crippen molar-refractivity contribution in [2.24, 2.45) is 5.73 Å². The third-order valence-corrected chi connectivity index (χ3v) is 2.29. The average molecular weight is 232 g/mol. The van der Waals surface area contributed by atoms with Gasteiger partial charge in [0.05, 0.1) is 18.2 Å². The molecule has 0 fully saturated rings. The van der Waals surface area contributed by atoms with Crippen molar-refractivity contribution in [3.63, 3.8) is 0 Å². The second-order valence-electron chi connectivity index (χ2n) is 3.60. The Balaban J connectivity index is 2.25. The van der Waals surface area contributed by atoms with Crippen molar-refractivity contribution < 1.29 is 9.90 Å². The van der Waals surface area contributed by atoms with Gasteiger partial charge < -0.3 is 15.8 Å². The van der Waals surface area contributed by atoms with E-state index in [1.807, 2.05) is 6.07 Å². The zero-order chi connectivity index (χ0) is 12.3. The number of nitrogens with zero attached hydrogens (tertiary/aromatic N) is 2. The summed E-state index contributed by atoms with van der Waals surface area (Å²) in [4.78, 5) is 21.7. The maximum Gasteiger partial charge on any atom is 0.305 e. The fourth-order valence-corrected chi connectivity index (χ4v) is 1.48. The van der Waals surface area contributed by atoms with Crippen LogP contribution in [0.5, 0.6) is 0 Å². The summed E-state index contributed by atoms with van der Waals surface area (Å²) in [5.41, 5.74) is 7.34. The number of H-pyrrole nitrogens is 1.